The first kappa shape index (κ1) is 21.5. The van der Waals surface area contributed by atoms with Crippen molar-refractivity contribution in [2.24, 2.45) is 0 Å². The minimum absolute atomic E-state index is 0.125. The first-order chi connectivity index (χ1) is 13.3. The lowest BCUT2D eigenvalue weighted by Crippen LogP contribution is -2.06. The summed E-state index contributed by atoms with van der Waals surface area (Å²) >= 11 is 0. The molecule has 0 aliphatic heterocycles. The minimum atomic E-state index is -0.125. The van der Waals surface area contributed by atoms with Crippen LogP contribution in [0.15, 0.2) is 54.6 Å². The van der Waals surface area contributed by atoms with Gasteiger partial charge in [-0.2, -0.15) is 0 Å². The van der Waals surface area contributed by atoms with Gasteiger partial charge in [-0.1, -0.05) is 82.2 Å². The third kappa shape index (κ3) is 9.63. The van der Waals surface area contributed by atoms with Crippen molar-refractivity contribution in [3.8, 4) is 0 Å². The molecular formula is C25H37NO. The van der Waals surface area contributed by atoms with Crippen LogP contribution in [-0.2, 0) is 6.42 Å². The minimum Gasteiger partial charge on any atom is -0.393 e. The van der Waals surface area contributed by atoms with Crippen molar-refractivity contribution in [2.45, 2.75) is 83.7 Å². The molecule has 1 atom stereocenters. The Bertz CT molecular complexity index is 593. The van der Waals surface area contributed by atoms with Gasteiger partial charge in [0.25, 0.3) is 0 Å². The molecule has 0 amide bonds. The SMILES string of the molecule is CCCCCCCCCC(O)CCCc1ccc(Nc2ccccc2)cc1. The Labute approximate surface area is 166 Å². The number of para-hydroxylation sites is 1. The van der Waals surface area contributed by atoms with Crippen LogP contribution in [0.4, 0.5) is 11.4 Å². The number of benzene rings is 2. The summed E-state index contributed by atoms with van der Waals surface area (Å²) < 4.78 is 0. The molecule has 0 aliphatic carbocycles. The van der Waals surface area contributed by atoms with Gasteiger partial charge in [0, 0.05) is 11.4 Å². The zero-order chi connectivity index (χ0) is 19.2. The molecule has 0 aromatic heterocycles. The summed E-state index contributed by atoms with van der Waals surface area (Å²) in [4.78, 5) is 0. The fraction of sp³-hybridized carbons (Fsp3) is 0.520. The predicted molar refractivity (Wildman–Crippen MR) is 118 cm³/mol. The topological polar surface area (TPSA) is 32.3 Å². The maximum Gasteiger partial charge on any atom is 0.0540 e. The summed E-state index contributed by atoms with van der Waals surface area (Å²) in [5.74, 6) is 0. The van der Waals surface area contributed by atoms with Crippen LogP contribution in [0.5, 0.6) is 0 Å². The summed E-state index contributed by atoms with van der Waals surface area (Å²) in [5.41, 5.74) is 3.57. The number of nitrogens with one attached hydrogen (secondary N) is 1. The maximum atomic E-state index is 10.2. The number of hydrogen-bond donors (Lipinski definition) is 2. The molecule has 148 valence electrons. The molecule has 2 N–H and O–H groups in total. The van der Waals surface area contributed by atoms with E-state index >= 15 is 0 Å². The highest BCUT2D eigenvalue weighted by atomic mass is 16.3. The van der Waals surface area contributed by atoms with Gasteiger partial charge in [-0.05, 0) is 55.5 Å². The van der Waals surface area contributed by atoms with Crippen molar-refractivity contribution in [1.82, 2.24) is 0 Å². The number of hydrogen-bond acceptors (Lipinski definition) is 2. The number of anilines is 2. The van der Waals surface area contributed by atoms with E-state index in [1.54, 1.807) is 0 Å². The molecule has 2 aromatic carbocycles. The summed E-state index contributed by atoms with van der Waals surface area (Å²) in [6.07, 6.45) is 13.0. The molecule has 2 aromatic rings. The van der Waals surface area contributed by atoms with Gasteiger partial charge in [-0.3, -0.25) is 0 Å². The largest absolute Gasteiger partial charge is 0.393 e. The smallest absolute Gasteiger partial charge is 0.0540 e. The second-order valence-electron chi connectivity index (χ2n) is 7.64. The van der Waals surface area contributed by atoms with Crippen LogP contribution < -0.4 is 5.32 Å². The van der Waals surface area contributed by atoms with Crippen LogP contribution in [0.2, 0.25) is 0 Å². The first-order valence-corrected chi connectivity index (χ1v) is 10.9. The van der Waals surface area contributed by atoms with E-state index in [1.807, 2.05) is 18.2 Å². The van der Waals surface area contributed by atoms with E-state index in [0.29, 0.717) is 0 Å². The molecule has 0 saturated carbocycles. The van der Waals surface area contributed by atoms with E-state index in [-0.39, 0.29) is 6.10 Å². The van der Waals surface area contributed by atoms with Crippen LogP contribution >= 0.6 is 0 Å². The molecule has 0 radical (unpaired) electrons. The van der Waals surface area contributed by atoms with Crippen LogP contribution in [0, 0.1) is 0 Å². The number of aliphatic hydroxyl groups is 1. The second-order valence-corrected chi connectivity index (χ2v) is 7.64. The van der Waals surface area contributed by atoms with Crippen LogP contribution in [0.1, 0.15) is 76.7 Å². The van der Waals surface area contributed by atoms with Gasteiger partial charge in [0.1, 0.15) is 0 Å². The molecule has 0 heterocycles. The van der Waals surface area contributed by atoms with E-state index in [1.165, 1.54) is 50.5 Å². The quantitative estimate of drug-likeness (QED) is 0.344. The average Bonchev–Trinajstić information content (AvgIpc) is 2.69. The monoisotopic (exact) mass is 367 g/mol. The molecule has 2 heteroatoms. The number of rotatable bonds is 14. The predicted octanol–water partition coefficient (Wildman–Crippen LogP) is 7.25. The Hall–Kier alpha value is -1.80. The fourth-order valence-corrected chi connectivity index (χ4v) is 3.47. The van der Waals surface area contributed by atoms with Crippen LogP contribution in [0.3, 0.4) is 0 Å². The van der Waals surface area contributed by atoms with Crippen molar-refractivity contribution in [2.75, 3.05) is 5.32 Å². The van der Waals surface area contributed by atoms with Gasteiger partial charge in [-0.15, -0.1) is 0 Å². The highest BCUT2D eigenvalue weighted by Crippen LogP contribution is 2.18. The Balaban J connectivity index is 1.55. The lowest BCUT2D eigenvalue weighted by atomic mass is 10.0. The Morgan fingerprint density at radius 1 is 0.704 bits per heavy atom. The molecule has 2 nitrogen and oxygen atoms in total. The molecule has 2 rings (SSSR count). The Kier molecular flexibility index (Phi) is 10.7. The molecular weight excluding hydrogens is 330 g/mol. The van der Waals surface area contributed by atoms with Crippen molar-refractivity contribution < 1.29 is 5.11 Å². The van der Waals surface area contributed by atoms with E-state index in [0.717, 1.165) is 37.1 Å². The Morgan fingerprint density at radius 3 is 2.00 bits per heavy atom. The molecule has 27 heavy (non-hydrogen) atoms. The van der Waals surface area contributed by atoms with Gasteiger partial charge >= 0.3 is 0 Å². The first-order valence-electron chi connectivity index (χ1n) is 10.9. The highest BCUT2D eigenvalue weighted by Gasteiger charge is 2.04. The average molecular weight is 368 g/mol. The van der Waals surface area contributed by atoms with Gasteiger partial charge < -0.3 is 10.4 Å². The number of aryl methyl sites for hydroxylation is 1. The van der Waals surface area contributed by atoms with Crippen molar-refractivity contribution in [3.05, 3.63) is 60.2 Å². The van der Waals surface area contributed by atoms with Crippen LogP contribution in [-0.4, -0.2) is 11.2 Å². The summed E-state index contributed by atoms with van der Waals surface area (Å²) in [5, 5.41) is 13.6. The molecule has 0 fully saturated rings. The van der Waals surface area contributed by atoms with E-state index in [4.69, 9.17) is 0 Å². The second kappa shape index (κ2) is 13.4. The lowest BCUT2D eigenvalue weighted by molar-refractivity contribution is 0.148. The molecule has 0 bridgehead atoms. The molecule has 0 saturated heterocycles. The number of unbranched alkanes of at least 4 members (excludes halogenated alkanes) is 6. The summed E-state index contributed by atoms with van der Waals surface area (Å²) in [6, 6.07) is 18.9. The zero-order valence-electron chi connectivity index (χ0n) is 17.0. The lowest BCUT2D eigenvalue weighted by Gasteiger charge is -2.11. The van der Waals surface area contributed by atoms with Gasteiger partial charge in [0.2, 0.25) is 0 Å². The van der Waals surface area contributed by atoms with Crippen molar-refractivity contribution in [1.29, 1.82) is 0 Å². The number of aliphatic hydroxyl groups excluding tert-OH is 1. The fourth-order valence-electron chi connectivity index (χ4n) is 3.47. The maximum absolute atomic E-state index is 10.2. The Morgan fingerprint density at radius 2 is 1.30 bits per heavy atom. The standard InChI is InChI=1S/C25H37NO/c1-2-3-4-5-6-7-11-16-25(27)17-12-13-22-18-20-24(21-19-22)26-23-14-9-8-10-15-23/h8-10,14-15,18-21,25-27H,2-7,11-13,16-17H2,1H3. The molecule has 0 spiro atoms. The third-order valence-corrected chi connectivity index (χ3v) is 5.16. The highest BCUT2D eigenvalue weighted by molar-refractivity contribution is 5.59. The van der Waals surface area contributed by atoms with Gasteiger partial charge in [-0.25, -0.2) is 0 Å². The van der Waals surface area contributed by atoms with Crippen molar-refractivity contribution >= 4 is 11.4 Å². The summed E-state index contributed by atoms with van der Waals surface area (Å²) in [6.45, 7) is 2.26. The molecule has 1 unspecified atom stereocenters. The van der Waals surface area contributed by atoms with E-state index in [2.05, 4.69) is 48.6 Å². The van der Waals surface area contributed by atoms with E-state index < -0.39 is 0 Å². The van der Waals surface area contributed by atoms with Gasteiger partial charge in [0.05, 0.1) is 6.10 Å². The normalized spacial score (nSPS) is 12.1. The van der Waals surface area contributed by atoms with Crippen LogP contribution in [0.25, 0.3) is 0 Å². The molecule has 0 aliphatic rings. The van der Waals surface area contributed by atoms with Crippen molar-refractivity contribution in [3.63, 3.8) is 0 Å². The van der Waals surface area contributed by atoms with Gasteiger partial charge in [0.15, 0.2) is 0 Å². The third-order valence-electron chi connectivity index (χ3n) is 5.16. The zero-order valence-corrected chi connectivity index (χ0v) is 17.0. The summed E-state index contributed by atoms with van der Waals surface area (Å²) in [7, 11) is 0. The van der Waals surface area contributed by atoms with E-state index in [9.17, 15) is 5.11 Å².